The molecule has 2 nitrogen and oxygen atoms in total. The summed E-state index contributed by atoms with van der Waals surface area (Å²) in [7, 11) is 1.59. The zero-order chi connectivity index (χ0) is 13.8. The second kappa shape index (κ2) is 6.24. The molecule has 1 aromatic carbocycles. The number of ketones is 1. The van der Waals surface area contributed by atoms with Gasteiger partial charge in [-0.3, -0.25) is 4.79 Å². The number of hydrogen-bond donors (Lipinski definition) is 0. The Kier molecular flexibility index (Phi) is 4.64. The molecule has 0 aliphatic rings. The van der Waals surface area contributed by atoms with E-state index >= 15 is 0 Å². The maximum atomic E-state index is 12.0. The molecule has 0 N–H and O–H groups in total. The molecule has 98 valence electrons. The molecule has 0 saturated heterocycles. The number of carbonyl (C=O) groups excluding carboxylic acids is 1. The molecule has 0 bridgehead atoms. The topological polar surface area (TPSA) is 26.3 Å². The maximum absolute atomic E-state index is 12.0. The largest absolute Gasteiger partial charge is 0.496 e. The van der Waals surface area contributed by atoms with Gasteiger partial charge < -0.3 is 4.74 Å². The van der Waals surface area contributed by atoms with Crippen LogP contribution in [0.4, 0.5) is 0 Å². The average molecular weight is 313 g/mol. The molecule has 0 spiro atoms. The normalized spacial score (nSPS) is 10.9. The van der Waals surface area contributed by atoms with Gasteiger partial charge in [0.25, 0.3) is 0 Å². The van der Waals surface area contributed by atoms with Crippen molar-refractivity contribution in [2.75, 3.05) is 7.11 Å². The van der Waals surface area contributed by atoms with Crippen molar-refractivity contribution in [2.45, 2.75) is 0 Å². The van der Waals surface area contributed by atoms with Gasteiger partial charge in [-0.2, -0.15) is 0 Å². The van der Waals surface area contributed by atoms with Crippen LogP contribution in [0.2, 0.25) is 8.67 Å². The van der Waals surface area contributed by atoms with E-state index < -0.39 is 0 Å². The number of rotatable bonds is 4. The third-order valence-electron chi connectivity index (χ3n) is 2.48. The smallest absolute Gasteiger partial charge is 0.188 e. The summed E-state index contributed by atoms with van der Waals surface area (Å²) in [6, 6.07) is 9.02. The fraction of sp³-hybridized carbons (Fsp3) is 0.0714. The molecule has 1 aromatic heterocycles. The molecule has 0 fully saturated rings. The first kappa shape index (κ1) is 14.1. The van der Waals surface area contributed by atoms with Gasteiger partial charge >= 0.3 is 0 Å². The minimum Gasteiger partial charge on any atom is -0.496 e. The molecule has 0 amide bonds. The number of carbonyl (C=O) groups is 1. The van der Waals surface area contributed by atoms with E-state index in [1.165, 1.54) is 17.4 Å². The van der Waals surface area contributed by atoms with Gasteiger partial charge in [-0.25, -0.2) is 0 Å². The molecular formula is C14H10Cl2O2S. The Bertz CT molecular complexity index is 632. The quantitative estimate of drug-likeness (QED) is 0.589. The van der Waals surface area contributed by atoms with Crippen LogP contribution in [0.5, 0.6) is 5.75 Å². The lowest BCUT2D eigenvalue weighted by Crippen LogP contribution is -1.92. The van der Waals surface area contributed by atoms with E-state index in [2.05, 4.69) is 0 Å². The molecule has 0 aliphatic carbocycles. The summed E-state index contributed by atoms with van der Waals surface area (Å²) in [6.07, 6.45) is 3.16. The van der Waals surface area contributed by atoms with Gasteiger partial charge in [-0.05, 0) is 24.3 Å². The Morgan fingerprint density at radius 2 is 2.05 bits per heavy atom. The summed E-state index contributed by atoms with van der Waals surface area (Å²) in [5.74, 6) is 0.528. The van der Waals surface area contributed by atoms with Crippen LogP contribution in [0.15, 0.2) is 36.4 Å². The summed E-state index contributed by atoms with van der Waals surface area (Å²) >= 11 is 12.9. The van der Waals surface area contributed by atoms with Crippen LogP contribution in [0.1, 0.15) is 15.9 Å². The molecule has 2 rings (SSSR count). The summed E-state index contributed by atoms with van der Waals surface area (Å²) in [6.45, 7) is 0. The predicted molar refractivity (Wildman–Crippen MR) is 80.7 cm³/mol. The van der Waals surface area contributed by atoms with Crippen LogP contribution >= 0.6 is 34.5 Å². The van der Waals surface area contributed by atoms with E-state index in [0.717, 1.165) is 5.56 Å². The fourth-order valence-electron chi connectivity index (χ4n) is 1.57. The third-order valence-corrected chi connectivity index (χ3v) is 3.96. The van der Waals surface area contributed by atoms with Crippen molar-refractivity contribution in [1.82, 2.24) is 0 Å². The minimum atomic E-state index is -0.181. The van der Waals surface area contributed by atoms with Gasteiger partial charge in [0.2, 0.25) is 0 Å². The highest BCUT2D eigenvalue weighted by Gasteiger charge is 2.11. The van der Waals surface area contributed by atoms with Crippen molar-refractivity contribution in [1.29, 1.82) is 0 Å². The third kappa shape index (κ3) is 3.38. The summed E-state index contributed by atoms with van der Waals surface area (Å²) in [4.78, 5) is 12.0. The Morgan fingerprint density at radius 3 is 2.68 bits per heavy atom. The standard InChI is InChI=1S/C14H10Cl2O2S/c1-18-12-5-3-2-4-9(12)6-7-11(17)10-8-13(15)19-14(10)16/h2-8H,1H3. The van der Waals surface area contributed by atoms with Gasteiger partial charge in [0, 0.05) is 5.56 Å². The lowest BCUT2D eigenvalue weighted by Gasteiger charge is -2.02. The highest BCUT2D eigenvalue weighted by Crippen LogP contribution is 2.31. The van der Waals surface area contributed by atoms with Gasteiger partial charge in [-0.15, -0.1) is 11.3 Å². The number of hydrogen-bond acceptors (Lipinski definition) is 3. The Hall–Kier alpha value is -1.29. The lowest BCUT2D eigenvalue weighted by molar-refractivity contribution is 0.104. The maximum Gasteiger partial charge on any atom is 0.188 e. The van der Waals surface area contributed by atoms with Crippen LogP contribution in [0, 0.1) is 0 Å². The van der Waals surface area contributed by atoms with E-state index in [9.17, 15) is 4.79 Å². The molecule has 0 unspecified atom stereocenters. The second-order valence-corrected chi connectivity index (χ2v) is 5.96. The van der Waals surface area contributed by atoms with Gasteiger partial charge in [0.15, 0.2) is 5.78 Å². The molecule has 0 saturated carbocycles. The highest BCUT2D eigenvalue weighted by molar-refractivity contribution is 7.20. The average Bonchev–Trinajstić information content (AvgIpc) is 2.75. The molecule has 1 heterocycles. The number of para-hydroxylation sites is 1. The molecule has 0 aliphatic heterocycles. The van der Waals surface area contributed by atoms with Crippen LogP contribution in [-0.2, 0) is 0 Å². The first-order chi connectivity index (χ1) is 9.11. The number of methoxy groups -OCH3 is 1. The van der Waals surface area contributed by atoms with E-state index in [-0.39, 0.29) is 5.78 Å². The predicted octanol–water partition coefficient (Wildman–Crippen LogP) is 4.96. The number of benzene rings is 1. The highest BCUT2D eigenvalue weighted by atomic mass is 35.5. The number of allylic oxidation sites excluding steroid dienone is 1. The van der Waals surface area contributed by atoms with Crippen molar-refractivity contribution >= 4 is 46.4 Å². The monoisotopic (exact) mass is 312 g/mol. The number of thiophene rings is 1. The Labute approximate surface area is 125 Å². The van der Waals surface area contributed by atoms with Crippen molar-refractivity contribution in [3.8, 4) is 5.75 Å². The molecule has 0 atom stereocenters. The van der Waals surface area contributed by atoms with Gasteiger partial charge in [-0.1, -0.05) is 41.4 Å². The van der Waals surface area contributed by atoms with E-state index in [0.29, 0.717) is 20.0 Å². The first-order valence-electron chi connectivity index (χ1n) is 5.42. The molecule has 5 heteroatoms. The van der Waals surface area contributed by atoms with Crippen molar-refractivity contribution in [3.63, 3.8) is 0 Å². The SMILES string of the molecule is COc1ccccc1C=CC(=O)c1cc(Cl)sc1Cl. The zero-order valence-electron chi connectivity index (χ0n) is 10.0. The number of halogens is 2. The van der Waals surface area contributed by atoms with E-state index in [4.69, 9.17) is 27.9 Å². The van der Waals surface area contributed by atoms with E-state index in [1.54, 1.807) is 19.3 Å². The Balaban J connectivity index is 2.23. The molecular weight excluding hydrogens is 303 g/mol. The fourth-order valence-corrected chi connectivity index (χ4v) is 3.04. The number of ether oxygens (including phenoxy) is 1. The molecule has 19 heavy (non-hydrogen) atoms. The molecule has 0 radical (unpaired) electrons. The lowest BCUT2D eigenvalue weighted by atomic mass is 10.1. The molecule has 2 aromatic rings. The minimum absolute atomic E-state index is 0.181. The van der Waals surface area contributed by atoms with Crippen LogP contribution in [-0.4, -0.2) is 12.9 Å². The van der Waals surface area contributed by atoms with Gasteiger partial charge in [0.1, 0.15) is 10.1 Å². The van der Waals surface area contributed by atoms with E-state index in [1.807, 2.05) is 24.3 Å². The van der Waals surface area contributed by atoms with Gasteiger partial charge in [0.05, 0.1) is 17.0 Å². The van der Waals surface area contributed by atoms with Crippen LogP contribution in [0.3, 0.4) is 0 Å². The van der Waals surface area contributed by atoms with Crippen molar-refractivity contribution < 1.29 is 9.53 Å². The van der Waals surface area contributed by atoms with Crippen molar-refractivity contribution in [3.05, 3.63) is 56.2 Å². The van der Waals surface area contributed by atoms with Crippen molar-refractivity contribution in [2.24, 2.45) is 0 Å². The summed E-state index contributed by atoms with van der Waals surface area (Å²) < 4.78 is 6.11. The van der Waals surface area contributed by atoms with Crippen LogP contribution < -0.4 is 4.74 Å². The first-order valence-corrected chi connectivity index (χ1v) is 6.99. The second-order valence-electron chi connectivity index (χ2n) is 3.68. The Morgan fingerprint density at radius 1 is 1.32 bits per heavy atom. The zero-order valence-corrected chi connectivity index (χ0v) is 12.4. The summed E-state index contributed by atoms with van der Waals surface area (Å²) in [5.41, 5.74) is 1.25. The van der Waals surface area contributed by atoms with Crippen LogP contribution in [0.25, 0.3) is 6.08 Å². The summed E-state index contributed by atoms with van der Waals surface area (Å²) in [5, 5.41) is 0.